The Labute approximate surface area is 179 Å². The summed E-state index contributed by atoms with van der Waals surface area (Å²) in [5, 5.41) is 7.44. The summed E-state index contributed by atoms with van der Waals surface area (Å²) in [6.45, 7) is 1.73. The number of hydrogen-bond donors (Lipinski definition) is 1. The predicted octanol–water partition coefficient (Wildman–Crippen LogP) is 2.99. The third kappa shape index (κ3) is 4.46. The average Bonchev–Trinajstić information content (AvgIpc) is 3.29. The molecule has 0 aliphatic carbocycles. The van der Waals surface area contributed by atoms with Gasteiger partial charge in [0.1, 0.15) is 17.3 Å². The fourth-order valence-corrected chi connectivity index (χ4v) is 5.79. The molecule has 1 saturated heterocycles. The molecule has 4 rings (SSSR count). The molecular formula is C22H22FN3O4S. The summed E-state index contributed by atoms with van der Waals surface area (Å²) < 4.78 is 44.0. The molecule has 0 spiro atoms. The summed E-state index contributed by atoms with van der Waals surface area (Å²) in [5.74, 6) is -0.259. The molecule has 7 nitrogen and oxygen atoms in total. The summed E-state index contributed by atoms with van der Waals surface area (Å²) in [6, 6.07) is 12.9. The van der Waals surface area contributed by atoms with Crippen molar-refractivity contribution >= 4 is 15.7 Å². The van der Waals surface area contributed by atoms with E-state index < -0.39 is 21.3 Å². The number of rotatable bonds is 5. The van der Waals surface area contributed by atoms with Crippen LogP contribution in [0.2, 0.25) is 0 Å². The largest absolute Gasteiger partial charge is 0.497 e. The number of nitrogens with zero attached hydrogens (tertiary/aromatic N) is 2. The first-order valence-electron chi connectivity index (χ1n) is 9.71. The Morgan fingerprint density at radius 2 is 1.97 bits per heavy atom. The number of carbonyl (C=O) groups is 1. The van der Waals surface area contributed by atoms with Crippen molar-refractivity contribution < 1.29 is 22.3 Å². The molecular weight excluding hydrogens is 421 g/mol. The number of benzene rings is 2. The molecule has 1 fully saturated rings. The molecule has 1 amide bonds. The van der Waals surface area contributed by atoms with Gasteiger partial charge in [-0.2, -0.15) is 5.10 Å². The van der Waals surface area contributed by atoms with E-state index in [9.17, 15) is 17.6 Å². The van der Waals surface area contributed by atoms with E-state index in [0.717, 1.165) is 0 Å². The van der Waals surface area contributed by atoms with Gasteiger partial charge in [-0.05, 0) is 49.7 Å². The van der Waals surface area contributed by atoms with E-state index in [0.29, 0.717) is 29.1 Å². The van der Waals surface area contributed by atoms with Crippen molar-refractivity contribution in [1.29, 1.82) is 0 Å². The lowest BCUT2D eigenvalue weighted by Crippen LogP contribution is -2.47. The zero-order valence-electron chi connectivity index (χ0n) is 17.1. The molecule has 1 aromatic heterocycles. The predicted molar refractivity (Wildman–Crippen MR) is 115 cm³/mol. The molecule has 31 heavy (non-hydrogen) atoms. The maximum atomic E-state index is 13.3. The van der Waals surface area contributed by atoms with Gasteiger partial charge in [-0.1, -0.05) is 12.1 Å². The van der Waals surface area contributed by atoms with E-state index in [1.54, 1.807) is 56.6 Å². The third-order valence-electron chi connectivity index (χ3n) is 5.31. The number of methoxy groups -OCH3 is 1. The highest BCUT2D eigenvalue weighted by Crippen LogP contribution is 2.29. The molecule has 1 atom stereocenters. The second-order valence-electron chi connectivity index (χ2n) is 7.90. The van der Waals surface area contributed by atoms with E-state index in [4.69, 9.17) is 4.74 Å². The number of halogens is 1. The number of ether oxygens (including phenoxy) is 1. The molecule has 2 aromatic carbocycles. The first-order valence-corrected chi connectivity index (χ1v) is 11.5. The number of nitrogens with one attached hydrogen (secondary N) is 1. The molecule has 1 aliphatic rings. The minimum atomic E-state index is -3.18. The zero-order chi connectivity index (χ0) is 22.2. The van der Waals surface area contributed by atoms with Crippen LogP contribution in [0.1, 0.15) is 23.7 Å². The van der Waals surface area contributed by atoms with Crippen LogP contribution in [0.25, 0.3) is 16.9 Å². The van der Waals surface area contributed by atoms with Gasteiger partial charge >= 0.3 is 0 Å². The summed E-state index contributed by atoms with van der Waals surface area (Å²) in [5.41, 5.74) is 1.08. The van der Waals surface area contributed by atoms with Crippen molar-refractivity contribution in [3.05, 3.63) is 66.1 Å². The van der Waals surface area contributed by atoms with E-state index in [1.165, 1.54) is 16.8 Å². The van der Waals surface area contributed by atoms with Gasteiger partial charge in [0.15, 0.2) is 9.84 Å². The number of hydrogen-bond acceptors (Lipinski definition) is 5. The van der Waals surface area contributed by atoms with Crippen LogP contribution in [-0.4, -0.2) is 48.3 Å². The topological polar surface area (TPSA) is 90.3 Å². The summed E-state index contributed by atoms with van der Waals surface area (Å²) in [4.78, 5) is 13.2. The van der Waals surface area contributed by atoms with Crippen molar-refractivity contribution in [2.45, 2.75) is 18.9 Å². The SMILES string of the molecule is COc1cccc(-c2nn(-c3ccc(F)cc3)cc2C(=O)N[C@@]2(C)CCS(=O)(=O)C2)c1. The van der Waals surface area contributed by atoms with Gasteiger partial charge in [-0.15, -0.1) is 0 Å². The van der Waals surface area contributed by atoms with Gasteiger partial charge in [0, 0.05) is 11.8 Å². The quantitative estimate of drug-likeness (QED) is 0.655. The second kappa shape index (κ2) is 7.81. The van der Waals surface area contributed by atoms with Crippen LogP contribution in [0, 0.1) is 5.82 Å². The van der Waals surface area contributed by atoms with Crippen molar-refractivity contribution in [3.63, 3.8) is 0 Å². The molecule has 162 valence electrons. The molecule has 9 heteroatoms. The smallest absolute Gasteiger partial charge is 0.255 e. The van der Waals surface area contributed by atoms with Crippen molar-refractivity contribution in [3.8, 4) is 22.7 Å². The highest BCUT2D eigenvalue weighted by molar-refractivity contribution is 7.91. The van der Waals surface area contributed by atoms with Crippen molar-refractivity contribution in [1.82, 2.24) is 15.1 Å². The summed E-state index contributed by atoms with van der Waals surface area (Å²) >= 11 is 0. The molecule has 1 aliphatic heterocycles. The van der Waals surface area contributed by atoms with Crippen LogP contribution in [0.3, 0.4) is 0 Å². The van der Waals surface area contributed by atoms with Crippen LogP contribution < -0.4 is 10.1 Å². The van der Waals surface area contributed by atoms with Gasteiger partial charge in [0.25, 0.3) is 5.91 Å². The van der Waals surface area contributed by atoms with Gasteiger partial charge < -0.3 is 10.1 Å². The van der Waals surface area contributed by atoms with Crippen LogP contribution in [0.5, 0.6) is 5.75 Å². The molecule has 0 bridgehead atoms. The highest BCUT2D eigenvalue weighted by Gasteiger charge is 2.40. The number of amides is 1. The van der Waals surface area contributed by atoms with Gasteiger partial charge in [-0.25, -0.2) is 17.5 Å². The third-order valence-corrected chi connectivity index (χ3v) is 7.21. The summed E-state index contributed by atoms with van der Waals surface area (Å²) in [6.07, 6.45) is 1.91. The molecule has 0 saturated carbocycles. The Kier molecular flexibility index (Phi) is 5.30. The summed E-state index contributed by atoms with van der Waals surface area (Å²) in [7, 11) is -1.64. The normalized spacial score (nSPS) is 19.8. The average molecular weight is 444 g/mol. The lowest BCUT2D eigenvalue weighted by molar-refractivity contribution is 0.0916. The van der Waals surface area contributed by atoms with E-state index in [-0.39, 0.29) is 22.9 Å². The molecule has 0 radical (unpaired) electrons. The second-order valence-corrected chi connectivity index (χ2v) is 10.1. The van der Waals surface area contributed by atoms with E-state index in [1.807, 2.05) is 0 Å². The van der Waals surface area contributed by atoms with Gasteiger partial charge in [0.05, 0.1) is 35.4 Å². The molecule has 3 aromatic rings. The van der Waals surface area contributed by atoms with Crippen LogP contribution in [0.4, 0.5) is 4.39 Å². The Hall–Kier alpha value is -3.20. The minimum absolute atomic E-state index is 0.0430. The number of sulfone groups is 1. The fraction of sp³-hybridized carbons (Fsp3) is 0.273. The Balaban J connectivity index is 1.76. The van der Waals surface area contributed by atoms with Crippen molar-refractivity contribution in [2.75, 3.05) is 18.6 Å². The van der Waals surface area contributed by atoms with Gasteiger partial charge in [0.2, 0.25) is 0 Å². The minimum Gasteiger partial charge on any atom is -0.497 e. The van der Waals surface area contributed by atoms with Gasteiger partial charge in [-0.3, -0.25) is 4.79 Å². The number of aromatic nitrogens is 2. The standard InChI is InChI=1S/C22H22FN3O4S/c1-22(10-11-31(28,29)14-22)24-21(27)19-13-26(17-8-6-16(23)7-9-17)25-20(19)15-4-3-5-18(12-15)30-2/h3-9,12-13H,10-11,14H2,1-2H3,(H,24,27)/t22-/m0/s1. The molecule has 2 heterocycles. The lowest BCUT2D eigenvalue weighted by Gasteiger charge is -2.23. The van der Waals surface area contributed by atoms with Crippen LogP contribution >= 0.6 is 0 Å². The molecule has 0 unspecified atom stereocenters. The Morgan fingerprint density at radius 1 is 1.23 bits per heavy atom. The first-order chi connectivity index (χ1) is 14.7. The first kappa shape index (κ1) is 21.0. The maximum absolute atomic E-state index is 13.3. The lowest BCUT2D eigenvalue weighted by atomic mass is 10.0. The van der Waals surface area contributed by atoms with Crippen molar-refractivity contribution in [2.24, 2.45) is 0 Å². The molecule has 1 N–H and O–H groups in total. The van der Waals surface area contributed by atoms with E-state index >= 15 is 0 Å². The van der Waals surface area contributed by atoms with Crippen LogP contribution in [-0.2, 0) is 9.84 Å². The Morgan fingerprint density at radius 3 is 2.61 bits per heavy atom. The number of carbonyl (C=O) groups excluding carboxylic acids is 1. The monoisotopic (exact) mass is 443 g/mol. The van der Waals surface area contributed by atoms with E-state index in [2.05, 4.69) is 10.4 Å². The maximum Gasteiger partial charge on any atom is 0.255 e. The Bertz CT molecular complexity index is 1240. The van der Waals surface area contributed by atoms with Crippen LogP contribution in [0.15, 0.2) is 54.7 Å². The zero-order valence-corrected chi connectivity index (χ0v) is 17.9. The fourth-order valence-electron chi connectivity index (χ4n) is 3.70. The highest BCUT2D eigenvalue weighted by atomic mass is 32.2.